The molecule has 1 aliphatic carbocycles. The van der Waals surface area contributed by atoms with Crippen LogP contribution in [0.2, 0.25) is 0 Å². The molecule has 0 atom stereocenters. The highest BCUT2D eigenvalue weighted by molar-refractivity contribution is 5.98. The van der Waals surface area contributed by atoms with Crippen molar-refractivity contribution in [1.82, 2.24) is 15.5 Å². The molecule has 1 fully saturated rings. The summed E-state index contributed by atoms with van der Waals surface area (Å²) in [5.74, 6) is -1.02. The second kappa shape index (κ2) is 5.52. The predicted octanol–water partition coefficient (Wildman–Crippen LogP) is 1.56. The third-order valence-corrected chi connectivity index (χ3v) is 3.05. The monoisotopic (exact) mass is 252 g/mol. The zero-order valence-corrected chi connectivity index (χ0v) is 9.90. The number of anilines is 1. The highest BCUT2D eigenvalue weighted by Crippen LogP contribution is 2.17. The molecule has 7 nitrogen and oxygen atoms in total. The van der Waals surface area contributed by atoms with E-state index in [1.54, 1.807) is 0 Å². The van der Waals surface area contributed by atoms with E-state index in [1.807, 2.05) is 0 Å². The number of aromatic nitrogens is 2. The minimum Gasteiger partial charge on any atom is -0.477 e. The van der Waals surface area contributed by atoms with Crippen molar-refractivity contribution in [2.24, 2.45) is 0 Å². The first kappa shape index (κ1) is 12.4. The van der Waals surface area contributed by atoms with Crippen LogP contribution in [-0.4, -0.2) is 33.3 Å². The maximum atomic E-state index is 11.7. The number of hydrogen-bond donors (Lipinski definition) is 4. The molecule has 18 heavy (non-hydrogen) atoms. The van der Waals surface area contributed by atoms with E-state index in [1.165, 1.54) is 12.6 Å². The van der Waals surface area contributed by atoms with Gasteiger partial charge in [0.2, 0.25) is 0 Å². The van der Waals surface area contributed by atoms with Crippen LogP contribution < -0.4 is 10.6 Å². The average molecular weight is 252 g/mol. The van der Waals surface area contributed by atoms with Crippen molar-refractivity contribution in [3.63, 3.8) is 0 Å². The molecule has 1 heterocycles. The van der Waals surface area contributed by atoms with Crippen molar-refractivity contribution in [3.8, 4) is 0 Å². The lowest BCUT2D eigenvalue weighted by Gasteiger charge is -2.22. The number of amides is 2. The first-order valence-electron chi connectivity index (χ1n) is 6.01. The van der Waals surface area contributed by atoms with Crippen LogP contribution in [0, 0.1) is 0 Å². The molecule has 0 saturated heterocycles. The van der Waals surface area contributed by atoms with Crippen molar-refractivity contribution in [3.05, 3.63) is 11.8 Å². The van der Waals surface area contributed by atoms with Gasteiger partial charge in [0.25, 0.3) is 0 Å². The van der Waals surface area contributed by atoms with Crippen LogP contribution in [0.1, 0.15) is 42.5 Å². The van der Waals surface area contributed by atoms with Gasteiger partial charge in [-0.2, -0.15) is 5.10 Å². The zero-order valence-electron chi connectivity index (χ0n) is 9.90. The van der Waals surface area contributed by atoms with E-state index in [2.05, 4.69) is 20.8 Å². The van der Waals surface area contributed by atoms with E-state index in [9.17, 15) is 9.59 Å². The summed E-state index contributed by atoms with van der Waals surface area (Å²) in [4.78, 5) is 22.5. The summed E-state index contributed by atoms with van der Waals surface area (Å²) in [5, 5.41) is 20.2. The van der Waals surface area contributed by atoms with Gasteiger partial charge in [0, 0.05) is 6.04 Å². The van der Waals surface area contributed by atoms with Gasteiger partial charge in [0.05, 0.1) is 6.20 Å². The molecule has 2 amide bonds. The Morgan fingerprint density at radius 1 is 1.33 bits per heavy atom. The topological polar surface area (TPSA) is 107 Å². The molecule has 0 spiro atoms. The van der Waals surface area contributed by atoms with Gasteiger partial charge in [-0.15, -0.1) is 0 Å². The fraction of sp³-hybridized carbons (Fsp3) is 0.545. The number of carbonyl (C=O) groups is 2. The van der Waals surface area contributed by atoms with Crippen molar-refractivity contribution in [2.75, 3.05) is 5.32 Å². The fourth-order valence-corrected chi connectivity index (χ4v) is 2.13. The van der Waals surface area contributed by atoms with Crippen LogP contribution >= 0.6 is 0 Å². The normalized spacial score (nSPS) is 16.2. The quantitative estimate of drug-likeness (QED) is 0.654. The maximum absolute atomic E-state index is 11.7. The Kier molecular flexibility index (Phi) is 3.81. The summed E-state index contributed by atoms with van der Waals surface area (Å²) in [6.45, 7) is 0. The van der Waals surface area contributed by atoms with Crippen LogP contribution in [0.3, 0.4) is 0 Å². The van der Waals surface area contributed by atoms with E-state index in [4.69, 9.17) is 5.11 Å². The highest BCUT2D eigenvalue weighted by Gasteiger charge is 2.18. The number of aromatic amines is 1. The third kappa shape index (κ3) is 2.99. The van der Waals surface area contributed by atoms with Gasteiger partial charge in [-0.3, -0.25) is 10.4 Å². The van der Waals surface area contributed by atoms with E-state index in [0.29, 0.717) is 0 Å². The summed E-state index contributed by atoms with van der Waals surface area (Å²) in [5.41, 5.74) is -0.0474. The standard InChI is InChI=1S/C11H16N4O3/c16-10(17)8-6-12-15-9(8)14-11(18)13-7-4-2-1-3-5-7/h6-7H,1-5H2,(H,16,17)(H3,12,13,14,15,18). The van der Waals surface area contributed by atoms with Crippen LogP contribution in [-0.2, 0) is 0 Å². The fourth-order valence-electron chi connectivity index (χ4n) is 2.13. The largest absolute Gasteiger partial charge is 0.477 e. The molecule has 0 radical (unpaired) electrons. The van der Waals surface area contributed by atoms with Crippen molar-refractivity contribution in [2.45, 2.75) is 38.1 Å². The van der Waals surface area contributed by atoms with Crippen molar-refractivity contribution >= 4 is 17.8 Å². The molecule has 7 heteroatoms. The van der Waals surface area contributed by atoms with E-state index >= 15 is 0 Å². The number of carboxylic acid groups (broad SMARTS) is 1. The van der Waals surface area contributed by atoms with E-state index in [-0.39, 0.29) is 17.4 Å². The van der Waals surface area contributed by atoms with E-state index < -0.39 is 12.0 Å². The maximum Gasteiger partial charge on any atom is 0.341 e. The Hall–Kier alpha value is -2.05. The highest BCUT2D eigenvalue weighted by atomic mass is 16.4. The minimum absolute atomic E-state index is 0.0474. The molecule has 1 aromatic heterocycles. The van der Waals surface area contributed by atoms with Crippen LogP contribution in [0.5, 0.6) is 0 Å². The smallest absolute Gasteiger partial charge is 0.341 e. The van der Waals surface area contributed by atoms with Gasteiger partial charge in [-0.05, 0) is 12.8 Å². The second-order valence-corrected chi connectivity index (χ2v) is 4.40. The predicted molar refractivity (Wildman–Crippen MR) is 64.6 cm³/mol. The number of carboxylic acids is 1. The molecule has 2 rings (SSSR count). The van der Waals surface area contributed by atoms with E-state index in [0.717, 1.165) is 25.7 Å². The molecular weight excluding hydrogens is 236 g/mol. The number of nitrogens with zero attached hydrogens (tertiary/aromatic N) is 1. The molecule has 1 aromatic rings. The lowest BCUT2D eigenvalue weighted by atomic mass is 9.96. The number of H-pyrrole nitrogens is 1. The number of rotatable bonds is 3. The number of urea groups is 1. The Labute approximate surface area is 104 Å². The molecule has 1 aliphatic rings. The molecular formula is C11H16N4O3. The molecule has 0 aromatic carbocycles. The summed E-state index contributed by atoms with van der Waals surface area (Å²) in [6, 6.07) is -0.219. The van der Waals surface area contributed by atoms with Crippen molar-refractivity contribution in [1.29, 1.82) is 0 Å². The Morgan fingerprint density at radius 2 is 2.06 bits per heavy atom. The second-order valence-electron chi connectivity index (χ2n) is 4.40. The Morgan fingerprint density at radius 3 is 2.72 bits per heavy atom. The summed E-state index contributed by atoms with van der Waals surface area (Å²) in [6.07, 6.45) is 6.57. The SMILES string of the molecule is O=C(Nc1[nH]ncc1C(=O)O)NC1CCCCC1. The summed E-state index contributed by atoms with van der Waals surface area (Å²) in [7, 11) is 0. The van der Waals surface area contributed by atoms with Crippen LogP contribution in [0.25, 0.3) is 0 Å². The zero-order chi connectivity index (χ0) is 13.0. The van der Waals surface area contributed by atoms with Crippen LogP contribution in [0.4, 0.5) is 10.6 Å². The average Bonchev–Trinajstić information content (AvgIpc) is 2.78. The number of nitrogens with one attached hydrogen (secondary N) is 3. The molecule has 4 N–H and O–H groups in total. The third-order valence-electron chi connectivity index (χ3n) is 3.05. The van der Waals surface area contributed by atoms with Gasteiger partial charge in [-0.1, -0.05) is 19.3 Å². The first-order valence-corrected chi connectivity index (χ1v) is 6.01. The lowest BCUT2D eigenvalue weighted by molar-refractivity contribution is 0.0698. The van der Waals surface area contributed by atoms with Gasteiger partial charge in [0.15, 0.2) is 0 Å². The van der Waals surface area contributed by atoms with Gasteiger partial charge >= 0.3 is 12.0 Å². The number of carbonyl (C=O) groups excluding carboxylic acids is 1. The molecule has 0 aliphatic heterocycles. The first-order chi connectivity index (χ1) is 8.66. The summed E-state index contributed by atoms with van der Waals surface area (Å²) >= 11 is 0. The minimum atomic E-state index is -1.13. The van der Waals surface area contributed by atoms with Crippen LogP contribution in [0.15, 0.2) is 6.20 Å². The van der Waals surface area contributed by atoms with Gasteiger partial charge in [-0.25, -0.2) is 9.59 Å². The molecule has 1 saturated carbocycles. The Bertz CT molecular complexity index is 437. The molecule has 0 bridgehead atoms. The number of hydrogen-bond acceptors (Lipinski definition) is 3. The Balaban J connectivity index is 1.90. The molecule has 98 valence electrons. The van der Waals surface area contributed by atoms with Crippen molar-refractivity contribution < 1.29 is 14.7 Å². The summed E-state index contributed by atoms with van der Waals surface area (Å²) < 4.78 is 0. The number of aromatic carboxylic acids is 1. The van der Waals surface area contributed by atoms with Gasteiger partial charge in [0.1, 0.15) is 11.4 Å². The molecule has 0 unspecified atom stereocenters. The van der Waals surface area contributed by atoms with Gasteiger partial charge < -0.3 is 10.4 Å². The lowest BCUT2D eigenvalue weighted by Crippen LogP contribution is -2.39.